The number of hydrogen-bond acceptors (Lipinski definition) is 5. The number of unbranched alkanes of at least 4 members (excludes halogenated alkanes) is 1. The van der Waals surface area contributed by atoms with Crippen LogP contribution in [0.15, 0.2) is 4.52 Å². The average Bonchev–Trinajstić information content (AvgIpc) is 2.98. The van der Waals surface area contributed by atoms with Gasteiger partial charge in [-0.25, -0.2) is 0 Å². The van der Waals surface area contributed by atoms with Gasteiger partial charge in [0.15, 0.2) is 0 Å². The van der Waals surface area contributed by atoms with Gasteiger partial charge in [0.2, 0.25) is 11.7 Å². The summed E-state index contributed by atoms with van der Waals surface area (Å²) in [4.78, 5) is 4.57. The topological polar surface area (TPSA) is 74.2 Å². The summed E-state index contributed by atoms with van der Waals surface area (Å²) in [5, 5.41) is 4.19. The molecule has 1 aromatic heterocycles. The highest BCUT2D eigenvalue weighted by atomic mass is 16.5. The molecule has 2 rings (SSSR count). The van der Waals surface area contributed by atoms with Crippen LogP contribution in [0.3, 0.4) is 0 Å². The van der Waals surface area contributed by atoms with Gasteiger partial charge in [-0.15, -0.1) is 0 Å². The van der Waals surface area contributed by atoms with Crippen LogP contribution < -0.4 is 5.73 Å². The minimum absolute atomic E-state index is 0.160. The zero-order valence-electron chi connectivity index (χ0n) is 13.6. The molecule has 0 amide bonds. The van der Waals surface area contributed by atoms with Gasteiger partial charge in [-0.2, -0.15) is 4.98 Å². The molecule has 1 aromatic rings. The maximum atomic E-state index is 6.13. The molecule has 2 N–H and O–H groups in total. The van der Waals surface area contributed by atoms with Crippen LogP contribution in [0.1, 0.15) is 83.5 Å². The van der Waals surface area contributed by atoms with Crippen LogP contribution >= 0.6 is 0 Å². The summed E-state index contributed by atoms with van der Waals surface area (Å²) in [7, 11) is 0. The van der Waals surface area contributed by atoms with Crippen LogP contribution in [-0.2, 0) is 10.3 Å². The fourth-order valence-corrected chi connectivity index (χ4v) is 3.06. The predicted molar refractivity (Wildman–Crippen MR) is 81.7 cm³/mol. The fraction of sp³-hybridized carbons (Fsp3) is 0.875. The Labute approximate surface area is 127 Å². The standard InChI is InChI=1S/C16H29N3O2/c1-4-6-7-13(17)14-18-15(19-21-14)16(20-5-2)10-8-12(3)9-11-16/h12-13H,4-11,17H2,1-3H3. The Hall–Kier alpha value is -0.940. The summed E-state index contributed by atoms with van der Waals surface area (Å²) in [6, 6.07) is -0.160. The van der Waals surface area contributed by atoms with Gasteiger partial charge in [0, 0.05) is 6.61 Å². The normalized spacial score (nSPS) is 27.7. The van der Waals surface area contributed by atoms with Crippen LogP contribution in [-0.4, -0.2) is 16.7 Å². The summed E-state index contributed by atoms with van der Waals surface area (Å²) in [6.07, 6.45) is 7.30. The van der Waals surface area contributed by atoms with Crippen molar-refractivity contribution in [1.82, 2.24) is 10.1 Å². The number of aromatic nitrogens is 2. The van der Waals surface area contributed by atoms with Gasteiger partial charge in [-0.1, -0.05) is 31.8 Å². The number of nitrogens with zero attached hydrogens (tertiary/aromatic N) is 2. The van der Waals surface area contributed by atoms with E-state index < -0.39 is 0 Å². The van der Waals surface area contributed by atoms with Gasteiger partial charge in [0.25, 0.3) is 0 Å². The first-order valence-electron chi connectivity index (χ1n) is 8.35. The van der Waals surface area contributed by atoms with Crippen molar-refractivity contribution in [2.45, 2.75) is 77.4 Å². The lowest BCUT2D eigenvalue weighted by molar-refractivity contribution is -0.0847. The molecule has 120 valence electrons. The average molecular weight is 295 g/mol. The number of rotatable bonds is 7. The zero-order chi connectivity index (χ0) is 15.3. The third-order valence-corrected chi connectivity index (χ3v) is 4.54. The van der Waals surface area contributed by atoms with Crippen molar-refractivity contribution in [3.8, 4) is 0 Å². The molecule has 21 heavy (non-hydrogen) atoms. The van der Waals surface area contributed by atoms with Crippen molar-refractivity contribution in [3.63, 3.8) is 0 Å². The first-order chi connectivity index (χ1) is 10.1. The van der Waals surface area contributed by atoms with E-state index in [1.54, 1.807) is 0 Å². The lowest BCUT2D eigenvalue weighted by atomic mass is 9.79. The van der Waals surface area contributed by atoms with Crippen molar-refractivity contribution in [1.29, 1.82) is 0 Å². The van der Waals surface area contributed by atoms with Crippen molar-refractivity contribution in [2.75, 3.05) is 6.61 Å². The molecule has 0 saturated heterocycles. The number of nitrogens with two attached hydrogens (primary N) is 1. The van der Waals surface area contributed by atoms with Gasteiger partial charge in [-0.05, 0) is 44.9 Å². The van der Waals surface area contributed by atoms with Gasteiger partial charge in [0.1, 0.15) is 5.60 Å². The quantitative estimate of drug-likeness (QED) is 0.830. The van der Waals surface area contributed by atoms with E-state index in [4.69, 9.17) is 15.0 Å². The van der Waals surface area contributed by atoms with Gasteiger partial charge in [0.05, 0.1) is 6.04 Å². The van der Waals surface area contributed by atoms with E-state index in [0.29, 0.717) is 18.3 Å². The van der Waals surface area contributed by atoms with E-state index in [1.165, 1.54) is 0 Å². The maximum Gasteiger partial charge on any atom is 0.243 e. The highest BCUT2D eigenvalue weighted by molar-refractivity contribution is 5.05. The molecule has 1 aliphatic carbocycles. The van der Waals surface area contributed by atoms with E-state index >= 15 is 0 Å². The lowest BCUT2D eigenvalue weighted by Crippen LogP contribution is -2.35. The van der Waals surface area contributed by atoms with Crippen molar-refractivity contribution >= 4 is 0 Å². The molecule has 1 atom stereocenters. The maximum absolute atomic E-state index is 6.13. The van der Waals surface area contributed by atoms with E-state index in [-0.39, 0.29) is 11.6 Å². The summed E-state index contributed by atoms with van der Waals surface area (Å²) in [6.45, 7) is 7.13. The van der Waals surface area contributed by atoms with E-state index in [1.807, 2.05) is 6.92 Å². The molecule has 0 spiro atoms. The van der Waals surface area contributed by atoms with Crippen molar-refractivity contribution in [2.24, 2.45) is 11.7 Å². The van der Waals surface area contributed by atoms with Crippen LogP contribution in [0.25, 0.3) is 0 Å². The Kier molecular flexibility index (Phi) is 5.76. The van der Waals surface area contributed by atoms with Crippen molar-refractivity contribution in [3.05, 3.63) is 11.7 Å². The summed E-state index contributed by atoms with van der Waals surface area (Å²) in [5.41, 5.74) is 5.76. The zero-order valence-corrected chi connectivity index (χ0v) is 13.6. The summed E-state index contributed by atoms with van der Waals surface area (Å²) < 4.78 is 11.5. The SMILES string of the molecule is CCCCC(N)c1nc(C2(OCC)CCC(C)CC2)no1. The smallest absolute Gasteiger partial charge is 0.243 e. The fourth-order valence-electron chi connectivity index (χ4n) is 3.06. The molecule has 0 radical (unpaired) electrons. The molecule has 5 nitrogen and oxygen atoms in total. The first-order valence-corrected chi connectivity index (χ1v) is 8.35. The minimum atomic E-state index is -0.368. The van der Waals surface area contributed by atoms with Crippen molar-refractivity contribution < 1.29 is 9.26 Å². The van der Waals surface area contributed by atoms with Gasteiger partial charge < -0.3 is 15.0 Å². The molecular weight excluding hydrogens is 266 g/mol. The second kappa shape index (κ2) is 7.36. The number of hydrogen-bond donors (Lipinski definition) is 1. The van der Waals surface area contributed by atoms with Crippen LogP contribution in [0.4, 0.5) is 0 Å². The van der Waals surface area contributed by atoms with E-state index in [9.17, 15) is 0 Å². The van der Waals surface area contributed by atoms with E-state index in [2.05, 4.69) is 24.0 Å². The molecule has 1 saturated carbocycles. The van der Waals surface area contributed by atoms with Gasteiger partial charge >= 0.3 is 0 Å². The monoisotopic (exact) mass is 295 g/mol. The molecular formula is C16H29N3O2. The largest absolute Gasteiger partial charge is 0.367 e. The number of ether oxygens (including phenoxy) is 1. The van der Waals surface area contributed by atoms with Gasteiger partial charge in [-0.3, -0.25) is 0 Å². The van der Waals surface area contributed by atoms with Crippen LogP contribution in [0, 0.1) is 5.92 Å². The molecule has 0 aromatic carbocycles. The Morgan fingerprint density at radius 3 is 2.71 bits per heavy atom. The molecule has 5 heteroatoms. The lowest BCUT2D eigenvalue weighted by Gasteiger charge is -2.36. The van der Waals surface area contributed by atoms with Crippen LogP contribution in [0.2, 0.25) is 0 Å². The molecule has 0 bridgehead atoms. The molecule has 1 heterocycles. The second-order valence-corrected chi connectivity index (χ2v) is 6.31. The first kappa shape index (κ1) is 16.4. The minimum Gasteiger partial charge on any atom is -0.367 e. The molecule has 1 unspecified atom stereocenters. The van der Waals surface area contributed by atoms with Crippen LogP contribution in [0.5, 0.6) is 0 Å². The predicted octanol–water partition coefficient (Wildman–Crippen LogP) is 3.70. The Balaban J connectivity index is 2.12. The summed E-state index contributed by atoms with van der Waals surface area (Å²) >= 11 is 0. The third kappa shape index (κ3) is 3.83. The molecule has 1 aliphatic rings. The Morgan fingerprint density at radius 2 is 2.10 bits per heavy atom. The highest BCUT2D eigenvalue weighted by Gasteiger charge is 2.41. The Morgan fingerprint density at radius 1 is 1.38 bits per heavy atom. The molecule has 1 fully saturated rings. The summed E-state index contributed by atoms with van der Waals surface area (Å²) in [5.74, 6) is 1.99. The molecule has 0 aliphatic heterocycles. The Bertz CT molecular complexity index is 425. The third-order valence-electron chi connectivity index (χ3n) is 4.54. The highest BCUT2D eigenvalue weighted by Crippen LogP contribution is 2.41. The second-order valence-electron chi connectivity index (χ2n) is 6.31. The van der Waals surface area contributed by atoms with E-state index in [0.717, 1.165) is 50.9 Å².